The number of benzene rings is 1. The molecule has 0 aliphatic rings. The summed E-state index contributed by atoms with van der Waals surface area (Å²) >= 11 is 0. The molecule has 0 aliphatic carbocycles. The van der Waals surface area contributed by atoms with Gasteiger partial charge in [0.1, 0.15) is 5.75 Å². The third-order valence-corrected chi connectivity index (χ3v) is 3.38. The molecule has 5 heteroatoms. The zero-order chi connectivity index (χ0) is 14.7. The average molecular weight is 274 g/mol. The molecule has 0 bridgehead atoms. The molecule has 0 aliphatic heterocycles. The molecule has 0 spiro atoms. The van der Waals surface area contributed by atoms with Gasteiger partial charge >= 0.3 is 5.97 Å². The van der Waals surface area contributed by atoms with Crippen molar-refractivity contribution in [3.8, 4) is 11.4 Å². The molecule has 106 valence electrons. The van der Waals surface area contributed by atoms with E-state index in [4.69, 9.17) is 9.84 Å². The maximum Gasteiger partial charge on any atom is 0.306 e. The Kier molecular flexibility index (Phi) is 4.08. The van der Waals surface area contributed by atoms with Gasteiger partial charge in [-0.25, -0.2) is 4.68 Å². The Morgan fingerprint density at radius 1 is 1.40 bits per heavy atom. The van der Waals surface area contributed by atoms with Crippen LogP contribution in [-0.2, 0) is 11.2 Å². The predicted molar refractivity (Wildman–Crippen MR) is 75.4 cm³/mol. The number of rotatable bonds is 5. The van der Waals surface area contributed by atoms with Crippen molar-refractivity contribution in [2.24, 2.45) is 5.92 Å². The number of carbonyl (C=O) groups is 1. The van der Waals surface area contributed by atoms with Gasteiger partial charge < -0.3 is 9.84 Å². The zero-order valence-electron chi connectivity index (χ0n) is 11.8. The molecule has 1 aromatic heterocycles. The Balaban J connectivity index is 2.25. The van der Waals surface area contributed by atoms with E-state index in [9.17, 15) is 4.79 Å². The third kappa shape index (κ3) is 2.82. The van der Waals surface area contributed by atoms with E-state index in [0.29, 0.717) is 6.42 Å². The van der Waals surface area contributed by atoms with E-state index < -0.39 is 11.9 Å². The minimum Gasteiger partial charge on any atom is -0.497 e. The predicted octanol–water partition coefficient (Wildman–Crippen LogP) is 2.45. The molecule has 0 fully saturated rings. The number of hydrogen-bond acceptors (Lipinski definition) is 3. The SMILES string of the molecule is COc1ccc(-n2ncc(CC(C)C(=O)O)c2C)cc1. The van der Waals surface area contributed by atoms with Crippen LogP contribution < -0.4 is 4.74 Å². The molecule has 2 aromatic rings. The monoisotopic (exact) mass is 274 g/mol. The number of carboxylic acid groups (broad SMARTS) is 1. The summed E-state index contributed by atoms with van der Waals surface area (Å²) in [5.41, 5.74) is 2.84. The lowest BCUT2D eigenvalue weighted by molar-refractivity contribution is -0.141. The Bertz CT molecular complexity index is 602. The van der Waals surface area contributed by atoms with Crippen LogP contribution in [0.4, 0.5) is 0 Å². The van der Waals surface area contributed by atoms with Crippen LogP contribution in [0.2, 0.25) is 0 Å². The molecule has 1 heterocycles. The fraction of sp³-hybridized carbons (Fsp3) is 0.333. The number of hydrogen-bond donors (Lipinski definition) is 1. The maximum absolute atomic E-state index is 10.9. The van der Waals surface area contributed by atoms with E-state index in [0.717, 1.165) is 22.7 Å². The molecule has 20 heavy (non-hydrogen) atoms. The van der Waals surface area contributed by atoms with Crippen molar-refractivity contribution in [1.29, 1.82) is 0 Å². The van der Waals surface area contributed by atoms with E-state index >= 15 is 0 Å². The van der Waals surface area contributed by atoms with Gasteiger partial charge in [0, 0.05) is 5.69 Å². The van der Waals surface area contributed by atoms with Crippen molar-refractivity contribution < 1.29 is 14.6 Å². The molecule has 1 aromatic carbocycles. The molecular formula is C15H18N2O3. The Morgan fingerprint density at radius 2 is 2.05 bits per heavy atom. The normalized spacial score (nSPS) is 12.2. The number of aliphatic carboxylic acids is 1. The first kappa shape index (κ1) is 14.1. The van der Waals surface area contributed by atoms with Crippen molar-refractivity contribution in [2.45, 2.75) is 20.3 Å². The van der Waals surface area contributed by atoms with Gasteiger partial charge in [-0.3, -0.25) is 4.79 Å². The minimum atomic E-state index is -0.790. The highest BCUT2D eigenvalue weighted by molar-refractivity contribution is 5.69. The molecule has 0 radical (unpaired) electrons. The summed E-state index contributed by atoms with van der Waals surface area (Å²) < 4.78 is 6.93. The summed E-state index contributed by atoms with van der Waals surface area (Å²) in [5, 5.41) is 13.3. The largest absolute Gasteiger partial charge is 0.497 e. The van der Waals surface area contributed by atoms with Crippen LogP contribution in [0.15, 0.2) is 30.5 Å². The molecule has 5 nitrogen and oxygen atoms in total. The smallest absolute Gasteiger partial charge is 0.306 e. The topological polar surface area (TPSA) is 64.4 Å². The fourth-order valence-electron chi connectivity index (χ4n) is 2.04. The molecular weight excluding hydrogens is 256 g/mol. The van der Waals surface area contributed by atoms with E-state index in [2.05, 4.69) is 5.10 Å². The van der Waals surface area contributed by atoms with E-state index in [-0.39, 0.29) is 0 Å². The quantitative estimate of drug-likeness (QED) is 0.909. The van der Waals surface area contributed by atoms with Gasteiger partial charge in [0.15, 0.2) is 0 Å². The van der Waals surface area contributed by atoms with Crippen LogP contribution in [0.25, 0.3) is 5.69 Å². The third-order valence-electron chi connectivity index (χ3n) is 3.38. The van der Waals surface area contributed by atoms with Gasteiger partial charge in [-0.2, -0.15) is 5.10 Å². The first-order valence-electron chi connectivity index (χ1n) is 6.43. The number of nitrogens with zero attached hydrogens (tertiary/aromatic N) is 2. The van der Waals surface area contributed by atoms with Gasteiger partial charge in [-0.05, 0) is 43.2 Å². The molecule has 1 unspecified atom stereocenters. The number of ether oxygens (including phenoxy) is 1. The van der Waals surface area contributed by atoms with Gasteiger partial charge in [0.25, 0.3) is 0 Å². The Hall–Kier alpha value is -2.30. The van der Waals surface area contributed by atoms with Crippen molar-refractivity contribution in [2.75, 3.05) is 7.11 Å². The van der Waals surface area contributed by atoms with Crippen molar-refractivity contribution in [3.05, 3.63) is 41.7 Å². The van der Waals surface area contributed by atoms with Crippen LogP contribution >= 0.6 is 0 Å². The van der Waals surface area contributed by atoms with E-state index in [1.165, 1.54) is 0 Å². The second-order valence-electron chi connectivity index (χ2n) is 4.81. The minimum absolute atomic E-state index is 0.415. The number of methoxy groups -OCH3 is 1. The standard InChI is InChI=1S/C15H18N2O3/c1-10(15(18)19)8-12-9-16-17(11(12)2)13-4-6-14(20-3)7-5-13/h4-7,9-10H,8H2,1-3H3,(H,18,19). The van der Waals surface area contributed by atoms with Crippen LogP contribution in [0.5, 0.6) is 5.75 Å². The van der Waals surface area contributed by atoms with E-state index in [1.807, 2.05) is 35.9 Å². The van der Waals surface area contributed by atoms with Crippen LogP contribution in [0.1, 0.15) is 18.2 Å². The highest BCUT2D eigenvalue weighted by atomic mass is 16.5. The van der Waals surface area contributed by atoms with Crippen LogP contribution in [-0.4, -0.2) is 28.0 Å². The lowest BCUT2D eigenvalue weighted by Gasteiger charge is -2.08. The Labute approximate surface area is 117 Å². The van der Waals surface area contributed by atoms with Crippen LogP contribution in [0.3, 0.4) is 0 Å². The summed E-state index contributed by atoms with van der Waals surface area (Å²) in [7, 11) is 1.62. The summed E-state index contributed by atoms with van der Waals surface area (Å²) in [6.07, 6.45) is 2.22. The second-order valence-corrected chi connectivity index (χ2v) is 4.81. The molecule has 1 N–H and O–H groups in total. The summed E-state index contributed by atoms with van der Waals surface area (Å²) in [6.45, 7) is 3.65. The summed E-state index contributed by atoms with van der Waals surface area (Å²) in [4.78, 5) is 10.9. The van der Waals surface area contributed by atoms with Gasteiger partial charge in [-0.1, -0.05) is 6.92 Å². The van der Waals surface area contributed by atoms with Gasteiger partial charge in [-0.15, -0.1) is 0 Å². The van der Waals surface area contributed by atoms with Gasteiger partial charge in [0.2, 0.25) is 0 Å². The molecule has 0 saturated heterocycles. The van der Waals surface area contributed by atoms with Crippen molar-refractivity contribution >= 4 is 5.97 Å². The van der Waals surface area contributed by atoms with E-state index in [1.54, 1.807) is 20.2 Å². The fourth-order valence-corrected chi connectivity index (χ4v) is 2.04. The number of carboxylic acids is 1. The highest BCUT2D eigenvalue weighted by Gasteiger charge is 2.16. The second kappa shape index (κ2) is 5.77. The van der Waals surface area contributed by atoms with Gasteiger partial charge in [0.05, 0.1) is 24.9 Å². The zero-order valence-corrected chi connectivity index (χ0v) is 11.8. The lowest BCUT2D eigenvalue weighted by Crippen LogP contribution is -2.12. The van der Waals surface area contributed by atoms with Crippen molar-refractivity contribution in [1.82, 2.24) is 9.78 Å². The number of aromatic nitrogens is 2. The summed E-state index contributed by atoms with van der Waals surface area (Å²) in [6, 6.07) is 7.58. The first-order chi connectivity index (χ1) is 9.52. The highest BCUT2D eigenvalue weighted by Crippen LogP contribution is 2.19. The Morgan fingerprint density at radius 3 is 2.60 bits per heavy atom. The maximum atomic E-state index is 10.9. The molecule has 2 rings (SSSR count). The molecule has 0 saturated carbocycles. The molecule has 0 amide bonds. The average Bonchev–Trinajstić information content (AvgIpc) is 2.80. The lowest BCUT2D eigenvalue weighted by atomic mass is 10.0. The summed E-state index contributed by atoms with van der Waals surface area (Å²) in [5.74, 6) is -0.415. The molecule has 1 atom stereocenters. The van der Waals surface area contributed by atoms with Crippen molar-refractivity contribution in [3.63, 3.8) is 0 Å². The van der Waals surface area contributed by atoms with Crippen LogP contribution in [0, 0.1) is 12.8 Å². The first-order valence-corrected chi connectivity index (χ1v) is 6.43.